The van der Waals surface area contributed by atoms with Gasteiger partial charge in [-0.25, -0.2) is 9.97 Å². The first-order chi connectivity index (χ1) is 13.0. The van der Waals surface area contributed by atoms with Crippen molar-refractivity contribution in [2.75, 3.05) is 5.32 Å². The van der Waals surface area contributed by atoms with Crippen LogP contribution >= 0.6 is 0 Å². The Labute approximate surface area is 159 Å². The quantitative estimate of drug-likeness (QED) is 0.660. The summed E-state index contributed by atoms with van der Waals surface area (Å²) in [6.07, 6.45) is 1.41. The van der Waals surface area contributed by atoms with E-state index in [1.807, 2.05) is 55.5 Å². The molecule has 138 valence electrons. The predicted molar refractivity (Wildman–Crippen MR) is 108 cm³/mol. The highest BCUT2D eigenvalue weighted by molar-refractivity contribution is 5.93. The third-order valence-corrected chi connectivity index (χ3v) is 4.39. The molecule has 0 spiro atoms. The van der Waals surface area contributed by atoms with Crippen LogP contribution in [0.3, 0.4) is 0 Å². The number of aromatic nitrogens is 2. The number of rotatable bonds is 6. The molecule has 2 N–H and O–H groups in total. The number of nitrogens with one attached hydrogen (secondary N) is 2. The van der Waals surface area contributed by atoms with Gasteiger partial charge in [0, 0.05) is 11.8 Å². The first kappa shape index (κ1) is 18.6. The topological polar surface area (TPSA) is 66.9 Å². The van der Waals surface area contributed by atoms with Crippen molar-refractivity contribution in [2.24, 2.45) is 0 Å². The Bertz CT molecular complexity index is 909. The van der Waals surface area contributed by atoms with Gasteiger partial charge in [-0.2, -0.15) is 0 Å². The lowest BCUT2D eigenvalue weighted by Crippen LogP contribution is -2.27. The van der Waals surface area contributed by atoms with E-state index < -0.39 is 0 Å². The minimum atomic E-state index is -0.228. The van der Waals surface area contributed by atoms with Crippen LogP contribution in [-0.4, -0.2) is 15.9 Å². The maximum absolute atomic E-state index is 12.6. The molecule has 1 amide bonds. The molecule has 0 aliphatic rings. The lowest BCUT2D eigenvalue weighted by Gasteiger charge is -2.15. The second kappa shape index (κ2) is 8.45. The third-order valence-electron chi connectivity index (χ3n) is 4.39. The molecule has 3 aromatic rings. The highest BCUT2D eigenvalue weighted by atomic mass is 16.1. The smallest absolute Gasteiger partial charge is 0.270 e. The Morgan fingerprint density at radius 1 is 0.926 bits per heavy atom. The van der Waals surface area contributed by atoms with Gasteiger partial charge >= 0.3 is 0 Å². The van der Waals surface area contributed by atoms with Crippen LogP contribution in [0.25, 0.3) is 0 Å². The number of para-hydroxylation sites is 1. The van der Waals surface area contributed by atoms with Crippen molar-refractivity contribution in [3.63, 3.8) is 0 Å². The van der Waals surface area contributed by atoms with Gasteiger partial charge < -0.3 is 10.6 Å². The van der Waals surface area contributed by atoms with E-state index in [1.54, 1.807) is 6.07 Å². The zero-order chi connectivity index (χ0) is 19.2. The van der Waals surface area contributed by atoms with E-state index in [4.69, 9.17) is 0 Å². The molecule has 1 aromatic heterocycles. The molecule has 0 radical (unpaired) electrons. The minimum absolute atomic E-state index is 0.105. The van der Waals surface area contributed by atoms with Crippen LogP contribution in [0.1, 0.15) is 54.3 Å². The van der Waals surface area contributed by atoms with Crippen molar-refractivity contribution in [1.82, 2.24) is 15.3 Å². The minimum Gasteiger partial charge on any atom is -0.344 e. The van der Waals surface area contributed by atoms with Crippen LogP contribution in [-0.2, 0) is 0 Å². The molecule has 5 nitrogen and oxygen atoms in total. The van der Waals surface area contributed by atoms with Crippen molar-refractivity contribution < 1.29 is 4.79 Å². The van der Waals surface area contributed by atoms with Crippen molar-refractivity contribution in [2.45, 2.75) is 32.7 Å². The summed E-state index contributed by atoms with van der Waals surface area (Å²) in [4.78, 5) is 21.0. The number of carbonyl (C=O) groups excluding carboxylic acids is 1. The van der Waals surface area contributed by atoms with Crippen LogP contribution in [0.2, 0.25) is 0 Å². The number of nitrogens with zero attached hydrogens (tertiary/aromatic N) is 2. The van der Waals surface area contributed by atoms with E-state index in [1.165, 1.54) is 11.9 Å². The Morgan fingerprint density at radius 2 is 1.63 bits per heavy atom. The molecule has 1 unspecified atom stereocenters. The van der Waals surface area contributed by atoms with E-state index in [0.717, 1.165) is 11.3 Å². The lowest BCUT2D eigenvalue weighted by molar-refractivity contribution is 0.0934. The van der Waals surface area contributed by atoms with Crippen molar-refractivity contribution in [1.29, 1.82) is 0 Å². The van der Waals surface area contributed by atoms with Gasteiger partial charge in [-0.3, -0.25) is 4.79 Å². The van der Waals surface area contributed by atoms with Gasteiger partial charge in [0.25, 0.3) is 5.91 Å². The zero-order valence-electron chi connectivity index (χ0n) is 15.8. The molecule has 5 heteroatoms. The predicted octanol–water partition coefficient (Wildman–Crippen LogP) is 4.83. The molecular formula is C22H24N4O. The molecule has 0 bridgehead atoms. The summed E-state index contributed by atoms with van der Waals surface area (Å²) in [5, 5.41) is 6.28. The summed E-state index contributed by atoms with van der Waals surface area (Å²) in [6, 6.07) is 19.5. The summed E-state index contributed by atoms with van der Waals surface area (Å²) in [7, 11) is 0. The fourth-order valence-electron chi connectivity index (χ4n) is 2.90. The zero-order valence-corrected chi connectivity index (χ0v) is 15.8. The summed E-state index contributed by atoms with van der Waals surface area (Å²) < 4.78 is 0. The molecule has 27 heavy (non-hydrogen) atoms. The van der Waals surface area contributed by atoms with Crippen LogP contribution in [0.4, 0.5) is 11.5 Å². The van der Waals surface area contributed by atoms with Crippen molar-refractivity contribution >= 4 is 17.4 Å². The van der Waals surface area contributed by atoms with Gasteiger partial charge in [0.05, 0.1) is 6.04 Å². The molecule has 0 aliphatic heterocycles. The van der Waals surface area contributed by atoms with E-state index in [-0.39, 0.29) is 11.9 Å². The van der Waals surface area contributed by atoms with Crippen LogP contribution in [0, 0.1) is 0 Å². The van der Waals surface area contributed by atoms with Crippen LogP contribution < -0.4 is 10.6 Å². The summed E-state index contributed by atoms with van der Waals surface area (Å²) >= 11 is 0. The summed E-state index contributed by atoms with van der Waals surface area (Å²) in [5.74, 6) is 0.745. The molecule has 1 atom stereocenters. The Kier molecular flexibility index (Phi) is 5.81. The van der Waals surface area contributed by atoms with E-state index in [2.05, 4.69) is 40.5 Å². The molecule has 2 aromatic carbocycles. The fourth-order valence-corrected chi connectivity index (χ4v) is 2.90. The average molecular weight is 360 g/mol. The molecule has 1 heterocycles. The van der Waals surface area contributed by atoms with Crippen molar-refractivity contribution in [3.05, 3.63) is 83.8 Å². The van der Waals surface area contributed by atoms with Gasteiger partial charge in [0.1, 0.15) is 17.8 Å². The van der Waals surface area contributed by atoms with E-state index in [9.17, 15) is 4.79 Å². The summed E-state index contributed by atoms with van der Waals surface area (Å²) in [5.41, 5.74) is 3.55. The van der Waals surface area contributed by atoms with E-state index in [0.29, 0.717) is 17.4 Å². The summed E-state index contributed by atoms with van der Waals surface area (Å²) in [6.45, 7) is 6.24. The standard InChI is InChI=1S/C22H24N4O/c1-15(2)18-11-7-8-12-19(18)26-21-13-20(23-14-24-21)22(27)25-16(3)17-9-5-4-6-10-17/h4-16H,1-3H3,(H,25,27)(H,23,24,26). The molecule has 0 saturated carbocycles. The highest BCUT2D eigenvalue weighted by Crippen LogP contribution is 2.26. The number of carbonyl (C=O) groups is 1. The maximum Gasteiger partial charge on any atom is 0.270 e. The van der Waals surface area contributed by atoms with Gasteiger partial charge in [-0.1, -0.05) is 62.4 Å². The second-order valence-electron chi connectivity index (χ2n) is 6.76. The van der Waals surface area contributed by atoms with Crippen LogP contribution in [0.5, 0.6) is 0 Å². The fraction of sp³-hybridized carbons (Fsp3) is 0.227. The first-order valence-electron chi connectivity index (χ1n) is 9.08. The normalized spacial score (nSPS) is 11.9. The molecular weight excluding hydrogens is 336 g/mol. The third kappa shape index (κ3) is 4.70. The Morgan fingerprint density at radius 3 is 2.37 bits per heavy atom. The van der Waals surface area contributed by atoms with Gasteiger partial charge in [-0.05, 0) is 30.0 Å². The maximum atomic E-state index is 12.6. The second-order valence-corrected chi connectivity index (χ2v) is 6.76. The number of hydrogen-bond acceptors (Lipinski definition) is 4. The lowest BCUT2D eigenvalue weighted by atomic mass is 10.0. The highest BCUT2D eigenvalue weighted by Gasteiger charge is 2.14. The SMILES string of the molecule is CC(C)c1ccccc1Nc1cc(C(=O)NC(C)c2ccccc2)ncn1. The van der Waals surface area contributed by atoms with Crippen LogP contribution in [0.15, 0.2) is 67.0 Å². The molecule has 3 rings (SSSR count). The van der Waals surface area contributed by atoms with Gasteiger partial charge in [-0.15, -0.1) is 0 Å². The average Bonchev–Trinajstić information content (AvgIpc) is 2.69. The molecule has 0 fully saturated rings. The van der Waals surface area contributed by atoms with Crippen molar-refractivity contribution in [3.8, 4) is 0 Å². The largest absolute Gasteiger partial charge is 0.344 e. The number of hydrogen-bond donors (Lipinski definition) is 2. The van der Waals surface area contributed by atoms with E-state index >= 15 is 0 Å². The molecule has 0 aliphatic carbocycles. The number of anilines is 2. The van der Waals surface area contributed by atoms with Gasteiger partial charge in [0.15, 0.2) is 0 Å². The Balaban J connectivity index is 1.75. The molecule has 0 saturated heterocycles. The number of amides is 1. The van der Waals surface area contributed by atoms with Gasteiger partial charge in [0.2, 0.25) is 0 Å². The first-order valence-corrected chi connectivity index (χ1v) is 9.08. The Hall–Kier alpha value is -3.21. The monoisotopic (exact) mass is 360 g/mol. The number of benzene rings is 2.